The zero-order chi connectivity index (χ0) is 14.6. The molecule has 8 heteroatoms. The van der Waals surface area contributed by atoms with Gasteiger partial charge in [0.1, 0.15) is 4.90 Å². The smallest absolute Gasteiger partial charge is 0.242 e. The molecule has 1 aromatic heterocycles. The minimum Gasteiger partial charge on any atom is -0.250 e. The molecule has 1 heterocycles. The van der Waals surface area contributed by atoms with Crippen LogP contribution < -0.4 is 4.72 Å². The Labute approximate surface area is 125 Å². The van der Waals surface area contributed by atoms with E-state index >= 15 is 0 Å². The molecule has 1 N–H and O–H groups in total. The number of benzene rings is 1. The van der Waals surface area contributed by atoms with Gasteiger partial charge in [-0.25, -0.2) is 18.1 Å². The van der Waals surface area contributed by atoms with E-state index in [0.717, 1.165) is 5.69 Å². The summed E-state index contributed by atoms with van der Waals surface area (Å²) in [5, 5.41) is 10.6. The number of hydrogen-bond acceptors (Lipinski definition) is 5. The maximum absolute atomic E-state index is 12.1. The summed E-state index contributed by atoms with van der Waals surface area (Å²) in [6.45, 7) is 0.238. The number of thiazole rings is 1. The SMILES string of the molecule is N#Cc1ccc(S(=O)(=O)NCCc2cscn2)c(Cl)c1. The van der Waals surface area contributed by atoms with Gasteiger partial charge in [-0.3, -0.25) is 0 Å². The fourth-order valence-electron chi connectivity index (χ4n) is 1.54. The third kappa shape index (κ3) is 3.55. The molecule has 2 rings (SSSR count). The number of nitriles is 1. The van der Waals surface area contributed by atoms with Gasteiger partial charge in [0.25, 0.3) is 0 Å². The van der Waals surface area contributed by atoms with Crippen molar-refractivity contribution in [1.82, 2.24) is 9.71 Å². The van der Waals surface area contributed by atoms with Crippen molar-refractivity contribution >= 4 is 33.0 Å². The Kier molecular flexibility index (Phi) is 4.73. The monoisotopic (exact) mass is 327 g/mol. The van der Waals surface area contributed by atoms with E-state index in [9.17, 15) is 8.42 Å². The van der Waals surface area contributed by atoms with E-state index in [2.05, 4.69) is 9.71 Å². The lowest BCUT2D eigenvalue weighted by Gasteiger charge is -2.07. The lowest BCUT2D eigenvalue weighted by Crippen LogP contribution is -2.26. The Morgan fingerprint density at radius 2 is 2.25 bits per heavy atom. The molecule has 5 nitrogen and oxygen atoms in total. The molecule has 0 radical (unpaired) electrons. The van der Waals surface area contributed by atoms with Crippen LogP contribution in [0.1, 0.15) is 11.3 Å². The van der Waals surface area contributed by atoms with Crippen LogP contribution in [0.15, 0.2) is 34.0 Å². The molecule has 104 valence electrons. The summed E-state index contributed by atoms with van der Waals surface area (Å²) in [5.74, 6) is 0. The van der Waals surface area contributed by atoms with E-state index in [1.807, 2.05) is 11.4 Å². The fraction of sp³-hybridized carbons (Fsp3) is 0.167. The number of nitrogens with zero attached hydrogens (tertiary/aromatic N) is 2. The summed E-state index contributed by atoms with van der Waals surface area (Å²) in [4.78, 5) is 4.04. The van der Waals surface area contributed by atoms with E-state index in [4.69, 9.17) is 16.9 Å². The maximum Gasteiger partial charge on any atom is 0.242 e. The van der Waals surface area contributed by atoms with Crippen LogP contribution in [0, 0.1) is 11.3 Å². The number of aromatic nitrogens is 1. The second-order valence-corrected chi connectivity index (χ2v) is 6.75. The second-order valence-electron chi connectivity index (χ2n) is 3.88. The number of rotatable bonds is 5. The average molecular weight is 328 g/mol. The summed E-state index contributed by atoms with van der Waals surface area (Å²) in [7, 11) is -3.68. The van der Waals surface area contributed by atoms with Crippen molar-refractivity contribution in [3.05, 3.63) is 45.4 Å². The van der Waals surface area contributed by atoms with Gasteiger partial charge in [0.05, 0.1) is 27.9 Å². The second kappa shape index (κ2) is 6.33. The molecule has 2 aromatic rings. The van der Waals surface area contributed by atoms with Crippen molar-refractivity contribution < 1.29 is 8.42 Å². The van der Waals surface area contributed by atoms with Crippen molar-refractivity contribution in [2.45, 2.75) is 11.3 Å². The summed E-state index contributed by atoms with van der Waals surface area (Å²) < 4.78 is 26.6. The van der Waals surface area contributed by atoms with Crippen molar-refractivity contribution in [2.75, 3.05) is 6.54 Å². The lowest BCUT2D eigenvalue weighted by atomic mass is 10.2. The zero-order valence-corrected chi connectivity index (χ0v) is 12.6. The molecule has 20 heavy (non-hydrogen) atoms. The van der Waals surface area contributed by atoms with Gasteiger partial charge < -0.3 is 0 Å². The molecule has 0 fully saturated rings. The molecule has 1 aromatic carbocycles. The first kappa shape index (κ1) is 14.9. The Morgan fingerprint density at radius 1 is 1.45 bits per heavy atom. The topological polar surface area (TPSA) is 82.8 Å². The van der Waals surface area contributed by atoms with Gasteiger partial charge >= 0.3 is 0 Å². The van der Waals surface area contributed by atoms with Crippen LogP contribution in [0.4, 0.5) is 0 Å². The molecular weight excluding hydrogens is 318 g/mol. The van der Waals surface area contributed by atoms with E-state index in [1.165, 1.54) is 29.5 Å². The molecule has 0 unspecified atom stereocenters. The van der Waals surface area contributed by atoms with Crippen LogP contribution in [0.2, 0.25) is 5.02 Å². The highest BCUT2D eigenvalue weighted by Gasteiger charge is 2.17. The van der Waals surface area contributed by atoms with Gasteiger partial charge in [-0.2, -0.15) is 5.26 Å². The Morgan fingerprint density at radius 3 is 2.85 bits per heavy atom. The molecule has 0 saturated carbocycles. The summed E-state index contributed by atoms with van der Waals surface area (Å²) in [6, 6.07) is 5.97. The zero-order valence-electron chi connectivity index (χ0n) is 10.2. The van der Waals surface area contributed by atoms with Gasteiger partial charge in [0.15, 0.2) is 0 Å². The Balaban J connectivity index is 2.08. The Bertz CT molecular complexity index is 737. The first-order chi connectivity index (χ1) is 9.53. The van der Waals surface area contributed by atoms with E-state index in [0.29, 0.717) is 12.0 Å². The lowest BCUT2D eigenvalue weighted by molar-refractivity contribution is 0.581. The predicted octanol–water partition coefficient (Wildman–Crippen LogP) is 2.19. The molecule has 0 bridgehead atoms. The first-order valence-corrected chi connectivity index (χ1v) is 8.40. The number of sulfonamides is 1. The predicted molar refractivity (Wildman–Crippen MR) is 77.2 cm³/mol. The van der Waals surface area contributed by atoms with E-state index in [-0.39, 0.29) is 16.5 Å². The molecule has 0 saturated heterocycles. The normalized spacial score (nSPS) is 11.2. The van der Waals surface area contributed by atoms with Crippen molar-refractivity contribution in [1.29, 1.82) is 5.26 Å². The number of nitrogens with one attached hydrogen (secondary N) is 1. The number of halogens is 1. The quantitative estimate of drug-likeness (QED) is 0.912. The Hall–Kier alpha value is -1.46. The number of hydrogen-bond donors (Lipinski definition) is 1. The van der Waals surface area contributed by atoms with Crippen LogP contribution in [-0.2, 0) is 16.4 Å². The highest BCUT2D eigenvalue weighted by atomic mass is 35.5. The van der Waals surface area contributed by atoms with Gasteiger partial charge in [0, 0.05) is 18.3 Å². The first-order valence-electron chi connectivity index (χ1n) is 5.59. The minimum absolute atomic E-state index is 0.0311. The van der Waals surface area contributed by atoms with Crippen LogP contribution in [-0.4, -0.2) is 19.9 Å². The molecule has 0 aliphatic heterocycles. The highest BCUT2D eigenvalue weighted by Crippen LogP contribution is 2.22. The van der Waals surface area contributed by atoms with Crippen LogP contribution in [0.3, 0.4) is 0 Å². The summed E-state index contributed by atoms with van der Waals surface area (Å²) in [5.41, 5.74) is 2.85. The molecule has 0 aliphatic rings. The molecule has 0 amide bonds. The minimum atomic E-state index is -3.68. The van der Waals surface area contributed by atoms with Crippen LogP contribution >= 0.6 is 22.9 Å². The van der Waals surface area contributed by atoms with Crippen LogP contribution in [0.5, 0.6) is 0 Å². The van der Waals surface area contributed by atoms with Gasteiger partial charge in [0.2, 0.25) is 10.0 Å². The summed E-state index contributed by atoms with van der Waals surface area (Å²) >= 11 is 7.35. The standard InChI is InChI=1S/C12H10ClN3O2S2/c13-11-5-9(6-14)1-2-12(11)20(17,18)16-4-3-10-7-19-8-15-10/h1-2,5,7-8,16H,3-4H2. The molecule has 0 aliphatic carbocycles. The summed E-state index contributed by atoms with van der Waals surface area (Å²) in [6.07, 6.45) is 0.511. The highest BCUT2D eigenvalue weighted by molar-refractivity contribution is 7.89. The largest absolute Gasteiger partial charge is 0.250 e. The third-order valence-corrected chi connectivity index (χ3v) is 5.09. The van der Waals surface area contributed by atoms with E-state index in [1.54, 1.807) is 5.51 Å². The molecule has 0 atom stereocenters. The van der Waals surface area contributed by atoms with Gasteiger partial charge in [-0.15, -0.1) is 11.3 Å². The van der Waals surface area contributed by atoms with Crippen molar-refractivity contribution in [3.8, 4) is 6.07 Å². The van der Waals surface area contributed by atoms with Gasteiger partial charge in [-0.1, -0.05) is 11.6 Å². The third-order valence-electron chi connectivity index (χ3n) is 2.51. The molecule has 0 spiro atoms. The van der Waals surface area contributed by atoms with Crippen molar-refractivity contribution in [3.63, 3.8) is 0 Å². The van der Waals surface area contributed by atoms with E-state index < -0.39 is 10.0 Å². The van der Waals surface area contributed by atoms with Crippen LogP contribution in [0.25, 0.3) is 0 Å². The maximum atomic E-state index is 12.1. The molecular formula is C12H10ClN3O2S2. The fourth-order valence-corrected chi connectivity index (χ4v) is 3.71. The van der Waals surface area contributed by atoms with Gasteiger partial charge in [-0.05, 0) is 18.2 Å². The average Bonchev–Trinajstić information content (AvgIpc) is 2.91. The van der Waals surface area contributed by atoms with Crippen molar-refractivity contribution in [2.24, 2.45) is 0 Å².